The summed E-state index contributed by atoms with van der Waals surface area (Å²) < 4.78 is 49.5. The lowest BCUT2D eigenvalue weighted by Gasteiger charge is -2.28. The van der Waals surface area contributed by atoms with Crippen molar-refractivity contribution in [3.05, 3.63) is 95.6 Å². The van der Waals surface area contributed by atoms with Gasteiger partial charge in [-0.3, -0.25) is 9.13 Å². The number of hydrogen-bond donors (Lipinski definition) is 4. The van der Waals surface area contributed by atoms with E-state index in [0.29, 0.717) is 28.1 Å². The van der Waals surface area contributed by atoms with Crippen LogP contribution >= 0.6 is 15.2 Å². The Bertz CT molecular complexity index is 1470. The van der Waals surface area contributed by atoms with Crippen molar-refractivity contribution in [2.45, 2.75) is 46.2 Å². The molecule has 0 saturated carbocycles. The molecule has 244 valence electrons. The Morgan fingerprint density at radius 3 is 1.42 bits per heavy atom. The Hall–Kier alpha value is -3.50. The van der Waals surface area contributed by atoms with Gasteiger partial charge in [0.2, 0.25) is 0 Å². The zero-order valence-corrected chi connectivity index (χ0v) is 27.9. The molecule has 0 aliphatic heterocycles. The van der Waals surface area contributed by atoms with E-state index in [1.54, 1.807) is 113 Å². The van der Waals surface area contributed by atoms with Crippen LogP contribution in [0.5, 0.6) is 0 Å². The van der Waals surface area contributed by atoms with E-state index in [9.17, 15) is 18.7 Å². The average Bonchev–Trinajstić information content (AvgIpc) is 3.01. The zero-order chi connectivity index (χ0) is 32.9. The van der Waals surface area contributed by atoms with Crippen LogP contribution in [0.25, 0.3) is 0 Å². The third-order valence-electron chi connectivity index (χ3n) is 6.38. The van der Waals surface area contributed by atoms with Crippen LogP contribution in [0.4, 0.5) is 21.0 Å². The molecule has 14 heteroatoms. The summed E-state index contributed by atoms with van der Waals surface area (Å²) in [5.74, 6) is -2.15. The van der Waals surface area contributed by atoms with Gasteiger partial charge in [-0.25, -0.2) is 9.59 Å². The largest absolute Gasteiger partial charge is 0.357 e. The van der Waals surface area contributed by atoms with E-state index in [0.717, 1.165) is 0 Å². The molecule has 2 atom stereocenters. The first-order valence-electron chi connectivity index (χ1n) is 14.7. The molecule has 3 rings (SSSR count). The van der Waals surface area contributed by atoms with Crippen LogP contribution in [0.3, 0.4) is 0 Å². The van der Waals surface area contributed by atoms with Crippen LogP contribution in [-0.2, 0) is 27.2 Å². The highest BCUT2D eigenvalue weighted by Gasteiger charge is 2.39. The number of carbonyl (C=O) groups is 2. The van der Waals surface area contributed by atoms with Gasteiger partial charge in [-0.05, 0) is 63.4 Å². The van der Waals surface area contributed by atoms with Crippen molar-refractivity contribution in [3.63, 3.8) is 0 Å². The van der Waals surface area contributed by atoms with Gasteiger partial charge in [0.25, 0.3) is 0 Å². The Balaban J connectivity index is 1.81. The lowest BCUT2D eigenvalue weighted by molar-refractivity contribution is 0.205. The van der Waals surface area contributed by atoms with E-state index >= 15 is 0 Å². The summed E-state index contributed by atoms with van der Waals surface area (Å²) in [6.07, 6.45) is 0. The molecule has 0 heterocycles. The van der Waals surface area contributed by atoms with E-state index in [4.69, 9.17) is 18.1 Å². The molecule has 3 aromatic rings. The Morgan fingerprint density at radius 2 is 1.02 bits per heavy atom. The van der Waals surface area contributed by atoms with Gasteiger partial charge in [-0.1, -0.05) is 66.7 Å². The molecule has 45 heavy (non-hydrogen) atoms. The van der Waals surface area contributed by atoms with Gasteiger partial charge >= 0.3 is 27.3 Å². The first-order chi connectivity index (χ1) is 21.6. The van der Waals surface area contributed by atoms with Gasteiger partial charge in [0.15, 0.2) is 11.6 Å². The predicted octanol–water partition coefficient (Wildman–Crippen LogP) is 8.17. The molecule has 0 aliphatic rings. The second-order valence-electron chi connectivity index (χ2n) is 9.60. The third-order valence-corrected chi connectivity index (χ3v) is 11.0. The standard InChI is InChI=1S/C31H42N4O8P2/c1-6-40-44(38,41-7-2)28(24-16-12-10-13-17-24)34-30(36)32-26-21-20-23(5)27(22-26)33-31(37)35-29(25-18-14-11-15-19-25)45(39,42-8-3)43-9-4/h10-22,28-29H,6-9H2,1-5H3,(H2,32,34,36)(H2,33,35,37)/t28-,29-/m0/s1. The lowest BCUT2D eigenvalue weighted by atomic mass is 10.2. The number of hydrogen-bond acceptors (Lipinski definition) is 8. The van der Waals surface area contributed by atoms with Gasteiger partial charge in [-0.2, -0.15) is 0 Å². The normalized spacial score (nSPS) is 13.0. The summed E-state index contributed by atoms with van der Waals surface area (Å²) in [6.45, 7) is 9.04. The van der Waals surface area contributed by atoms with Crippen molar-refractivity contribution >= 4 is 38.6 Å². The van der Waals surface area contributed by atoms with Gasteiger partial charge in [0.05, 0.1) is 26.4 Å². The summed E-state index contributed by atoms with van der Waals surface area (Å²) in [6, 6.07) is 21.2. The molecule has 12 nitrogen and oxygen atoms in total. The number of nitrogens with one attached hydrogen (secondary N) is 4. The van der Waals surface area contributed by atoms with E-state index in [1.807, 2.05) is 0 Å². The van der Waals surface area contributed by atoms with Crippen molar-refractivity contribution in [1.29, 1.82) is 0 Å². The maximum atomic E-state index is 13.7. The Labute approximate surface area is 264 Å². The van der Waals surface area contributed by atoms with Crippen molar-refractivity contribution in [3.8, 4) is 0 Å². The van der Waals surface area contributed by atoms with Gasteiger partial charge < -0.3 is 39.4 Å². The van der Waals surface area contributed by atoms with E-state index in [1.165, 1.54) is 0 Å². The fourth-order valence-corrected chi connectivity index (χ4v) is 8.27. The lowest BCUT2D eigenvalue weighted by Crippen LogP contribution is -2.34. The monoisotopic (exact) mass is 660 g/mol. The number of aryl methyl sites for hydroxylation is 1. The molecule has 3 aromatic carbocycles. The molecule has 0 spiro atoms. The summed E-state index contributed by atoms with van der Waals surface area (Å²) >= 11 is 0. The minimum atomic E-state index is -3.79. The molecular formula is C31H42N4O8P2. The Morgan fingerprint density at radius 1 is 0.622 bits per heavy atom. The molecule has 0 bridgehead atoms. The molecule has 0 aromatic heterocycles. The van der Waals surface area contributed by atoms with Crippen molar-refractivity contribution < 1.29 is 36.8 Å². The minimum absolute atomic E-state index is 0.120. The molecule has 0 aliphatic carbocycles. The molecule has 0 radical (unpaired) electrons. The number of amides is 4. The smallest absolute Gasteiger partial charge is 0.320 e. The van der Waals surface area contributed by atoms with Gasteiger partial charge in [0, 0.05) is 11.4 Å². The number of rotatable bonds is 16. The van der Waals surface area contributed by atoms with Crippen LogP contribution in [0, 0.1) is 6.92 Å². The minimum Gasteiger partial charge on any atom is -0.320 e. The van der Waals surface area contributed by atoms with Crippen molar-refractivity contribution in [1.82, 2.24) is 10.6 Å². The topological polar surface area (TPSA) is 153 Å². The molecule has 4 amide bonds. The van der Waals surface area contributed by atoms with E-state index < -0.39 is 38.8 Å². The summed E-state index contributed by atoms with van der Waals surface area (Å²) in [4.78, 5) is 26.5. The van der Waals surface area contributed by atoms with Crippen LogP contribution < -0.4 is 21.3 Å². The van der Waals surface area contributed by atoms with E-state index in [-0.39, 0.29) is 26.4 Å². The van der Waals surface area contributed by atoms with Crippen LogP contribution in [0.1, 0.15) is 56.0 Å². The average molecular weight is 661 g/mol. The molecule has 4 N–H and O–H groups in total. The number of benzene rings is 3. The highest BCUT2D eigenvalue weighted by Crippen LogP contribution is 2.60. The summed E-state index contributed by atoms with van der Waals surface area (Å²) in [7, 11) is -7.58. The first kappa shape index (κ1) is 36.0. The number of urea groups is 2. The summed E-state index contributed by atoms with van der Waals surface area (Å²) in [5, 5.41) is 11.0. The highest BCUT2D eigenvalue weighted by molar-refractivity contribution is 7.54. The molecule has 0 fully saturated rings. The van der Waals surface area contributed by atoms with Crippen LogP contribution in [0.15, 0.2) is 78.9 Å². The maximum Gasteiger partial charge on any atom is 0.357 e. The molecule has 0 unspecified atom stereocenters. The second-order valence-corrected chi connectivity index (χ2v) is 13.8. The quantitative estimate of drug-likeness (QED) is 0.112. The molecule has 0 saturated heterocycles. The fraction of sp³-hybridized carbons (Fsp3) is 0.355. The maximum absolute atomic E-state index is 13.7. The van der Waals surface area contributed by atoms with Crippen molar-refractivity contribution in [2.24, 2.45) is 0 Å². The van der Waals surface area contributed by atoms with E-state index in [2.05, 4.69) is 21.3 Å². The van der Waals surface area contributed by atoms with Gasteiger partial charge in [0.1, 0.15) is 0 Å². The number of carbonyl (C=O) groups excluding carboxylic acids is 2. The third kappa shape index (κ3) is 9.99. The summed E-state index contributed by atoms with van der Waals surface area (Å²) in [5.41, 5.74) is 2.52. The SMILES string of the molecule is CCOP(=O)(OCC)[C@H](NC(=O)Nc1ccc(C)c(NC(=O)N[C@H](c2ccccc2)P(=O)(OCC)OCC)c1)c1ccccc1. The van der Waals surface area contributed by atoms with Crippen LogP contribution in [-0.4, -0.2) is 38.5 Å². The second kappa shape index (κ2) is 17.3. The fourth-order valence-electron chi connectivity index (χ4n) is 4.46. The molecular weight excluding hydrogens is 618 g/mol. The van der Waals surface area contributed by atoms with Crippen molar-refractivity contribution in [2.75, 3.05) is 37.1 Å². The number of anilines is 2. The predicted molar refractivity (Wildman–Crippen MR) is 176 cm³/mol. The van der Waals surface area contributed by atoms with Gasteiger partial charge in [-0.15, -0.1) is 0 Å². The Kier molecular flexibility index (Phi) is 13.8. The van der Waals surface area contributed by atoms with Crippen LogP contribution in [0.2, 0.25) is 0 Å². The zero-order valence-electron chi connectivity index (χ0n) is 26.1. The first-order valence-corrected chi connectivity index (χ1v) is 17.9. The highest BCUT2D eigenvalue weighted by atomic mass is 31.2.